The van der Waals surface area contributed by atoms with Crippen LogP contribution in [0.25, 0.3) is 0 Å². The van der Waals surface area contributed by atoms with Crippen LogP contribution < -0.4 is 16.4 Å². The molecule has 0 aliphatic rings. The minimum absolute atomic E-state index is 0.0746. The summed E-state index contributed by atoms with van der Waals surface area (Å²) in [4.78, 5) is 16.0. The van der Waals surface area contributed by atoms with Gasteiger partial charge in [0.05, 0.1) is 11.9 Å². The van der Waals surface area contributed by atoms with E-state index in [2.05, 4.69) is 15.6 Å². The van der Waals surface area contributed by atoms with Gasteiger partial charge in [-0.1, -0.05) is 18.2 Å². The highest BCUT2D eigenvalue weighted by atomic mass is 16.1. The molecule has 0 atom stereocenters. The zero-order valence-electron chi connectivity index (χ0n) is 11.4. The third-order valence-corrected chi connectivity index (χ3v) is 2.84. The summed E-state index contributed by atoms with van der Waals surface area (Å²) in [6.45, 7) is 3.07. The molecular formula is C15H18N4O. The van der Waals surface area contributed by atoms with Crippen molar-refractivity contribution in [2.24, 2.45) is 0 Å². The van der Waals surface area contributed by atoms with Crippen LogP contribution in [-0.4, -0.2) is 24.0 Å². The van der Waals surface area contributed by atoms with Crippen LogP contribution in [-0.2, 0) is 0 Å². The number of rotatable bonds is 5. The normalized spacial score (nSPS) is 10.1. The van der Waals surface area contributed by atoms with Gasteiger partial charge in [-0.05, 0) is 30.7 Å². The molecule has 0 radical (unpaired) electrons. The van der Waals surface area contributed by atoms with Gasteiger partial charge in [-0.25, -0.2) is 4.98 Å². The Morgan fingerprint density at radius 3 is 2.70 bits per heavy atom. The number of nitrogens with two attached hydrogens (primary N) is 1. The van der Waals surface area contributed by atoms with Crippen LogP contribution in [0.4, 0.5) is 11.5 Å². The first-order valence-electron chi connectivity index (χ1n) is 6.46. The quantitative estimate of drug-likeness (QED) is 0.724. The van der Waals surface area contributed by atoms with Gasteiger partial charge in [-0.15, -0.1) is 0 Å². The van der Waals surface area contributed by atoms with Crippen molar-refractivity contribution < 1.29 is 4.79 Å². The summed E-state index contributed by atoms with van der Waals surface area (Å²) in [5.41, 5.74) is 7.93. The number of pyridine rings is 1. The smallest absolute Gasteiger partial charge is 0.251 e. The number of benzene rings is 1. The molecule has 0 aliphatic heterocycles. The number of nitrogen functional groups attached to an aromatic ring is 1. The van der Waals surface area contributed by atoms with E-state index in [1.165, 1.54) is 0 Å². The van der Waals surface area contributed by atoms with E-state index in [1.807, 2.05) is 31.2 Å². The summed E-state index contributed by atoms with van der Waals surface area (Å²) in [5, 5.41) is 6.01. The average molecular weight is 270 g/mol. The number of aryl methyl sites for hydroxylation is 1. The fourth-order valence-electron chi connectivity index (χ4n) is 1.83. The minimum Gasteiger partial charge on any atom is -0.397 e. The van der Waals surface area contributed by atoms with Crippen molar-refractivity contribution in [1.82, 2.24) is 10.3 Å². The highest BCUT2D eigenvalue weighted by molar-refractivity contribution is 5.94. The Hall–Kier alpha value is -2.56. The van der Waals surface area contributed by atoms with Gasteiger partial charge in [0.2, 0.25) is 0 Å². The standard InChI is InChI=1S/C15H18N4O/c1-11-9-13(16)10-19-14(11)17-7-8-18-15(20)12-5-3-2-4-6-12/h2-6,9-10H,7-8,16H2,1H3,(H,17,19)(H,18,20). The van der Waals surface area contributed by atoms with Crippen molar-refractivity contribution in [3.05, 3.63) is 53.7 Å². The average Bonchev–Trinajstić information content (AvgIpc) is 2.46. The second-order valence-corrected chi connectivity index (χ2v) is 4.48. The second-order valence-electron chi connectivity index (χ2n) is 4.48. The van der Waals surface area contributed by atoms with E-state index in [1.54, 1.807) is 18.3 Å². The fraction of sp³-hybridized carbons (Fsp3) is 0.200. The van der Waals surface area contributed by atoms with Crippen LogP contribution in [0.2, 0.25) is 0 Å². The monoisotopic (exact) mass is 270 g/mol. The molecule has 1 heterocycles. The lowest BCUT2D eigenvalue weighted by atomic mass is 10.2. The first-order chi connectivity index (χ1) is 9.66. The first-order valence-corrected chi connectivity index (χ1v) is 6.46. The van der Waals surface area contributed by atoms with Crippen LogP contribution in [0.1, 0.15) is 15.9 Å². The number of amides is 1. The van der Waals surface area contributed by atoms with Crippen LogP contribution in [0.5, 0.6) is 0 Å². The third kappa shape index (κ3) is 3.71. The van der Waals surface area contributed by atoms with Gasteiger partial charge >= 0.3 is 0 Å². The number of carbonyl (C=O) groups is 1. The molecule has 5 heteroatoms. The molecule has 1 aromatic heterocycles. The molecule has 1 aromatic carbocycles. The molecule has 2 aromatic rings. The van der Waals surface area contributed by atoms with Gasteiger partial charge in [0.1, 0.15) is 5.82 Å². The van der Waals surface area contributed by atoms with Crippen LogP contribution in [0, 0.1) is 6.92 Å². The van der Waals surface area contributed by atoms with Crippen LogP contribution >= 0.6 is 0 Å². The lowest BCUT2D eigenvalue weighted by Crippen LogP contribution is -2.28. The molecule has 2 rings (SSSR count). The van der Waals surface area contributed by atoms with Crippen molar-refractivity contribution in [2.75, 3.05) is 24.1 Å². The SMILES string of the molecule is Cc1cc(N)cnc1NCCNC(=O)c1ccccc1. The highest BCUT2D eigenvalue weighted by Crippen LogP contribution is 2.13. The van der Waals surface area contributed by atoms with Gasteiger partial charge < -0.3 is 16.4 Å². The molecule has 20 heavy (non-hydrogen) atoms. The summed E-state index contributed by atoms with van der Waals surface area (Å²) in [5.74, 6) is 0.711. The van der Waals surface area contributed by atoms with E-state index in [0.717, 1.165) is 11.4 Å². The summed E-state index contributed by atoms with van der Waals surface area (Å²) < 4.78 is 0. The number of hydrogen-bond donors (Lipinski definition) is 3. The molecule has 0 unspecified atom stereocenters. The predicted octanol–water partition coefficient (Wildman–Crippen LogP) is 1.81. The summed E-state index contributed by atoms with van der Waals surface area (Å²) in [6.07, 6.45) is 1.61. The number of anilines is 2. The zero-order valence-corrected chi connectivity index (χ0v) is 11.4. The molecule has 104 valence electrons. The van der Waals surface area contributed by atoms with Crippen LogP contribution in [0.15, 0.2) is 42.6 Å². The van der Waals surface area contributed by atoms with E-state index in [-0.39, 0.29) is 5.91 Å². The van der Waals surface area contributed by atoms with Gasteiger partial charge in [-0.2, -0.15) is 0 Å². The van der Waals surface area contributed by atoms with E-state index in [9.17, 15) is 4.79 Å². The fourth-order valence-corrected chi connectivity index (χ4v) is 1.83. The Morgan fingerprint density at radius 1 is 1.25 bits per heavy atom. The Kier molecular flexibility index (Phi) is 4.55. The zero-order chi connectivity index (χ0) is 14.4. The van der Waals surface area contributed by atoms with Gasteiger partial charge in [0.15, 0.2) is 0 Å². The lowest BCUT2D eigenvalue weighted by Gasteiger charge is -2.09. The Labute approximate surface area is 118 Å². The molecular weight excluding hydrogens is 252 g/mol. The predicted molar refractivity (Wildman–Crippen MR) is 80.7 cm³/mol. The molecule has 4 N–H and O–H groups in total. The summed E-state index contributed by atoms with van der Waals surface area (Å²) >= 11 is 0. The maximum absolute atomic E-state index is 11.8. The molecule has 5 nitrogen and oxygen atoms in total. The minimum atomic E-state index is -0.0746. The maximum atomic E-state index is 11.8. The van der Waals surface area contributed by atoms with Gasteiger partial charge in [0, 0.05) is 18.7 Å². The number of aromatic nitrogens is 1. The largest absolute Gasteiger partial charge is 0.397 e. The van der Waals surface area contributed by atoms with Crippen molar-refractivity contribution in [1.29, 1.82) is 0 Å². The second kappa shape index (κ2) is 6.56. The van der Waals surface area contributed by atoms with Crippen molar-refractivity contribution >= 4 is 17.4 Å². The molecule has 1 amide bonds. The molecule has 0 saturated heterocycles. The van der Waals surface area contributed by atoms with Crippen LogP contribution in [0.3, 0.4) is 0 Å². The first kappa shape index (κ1) is 13.9. The van der Waals surface area contributed by atoms with Gasteiger partial charge in [0.25, 0.3) is 5.91 Å². The summed E-state index contributed by atoms with van der Waals surface area (Å²) in [7, 11) is 0. The van der Waals surface area contributed by atoms with E-state index >= 15 is 0 Å². The molecule has 0 aliphatic carbocycles. The van der Waals surface area contributed by atoms with Crippen molar-refractivity contribution in [2.45, 2.75) is 6.92 Å². The van der Waals surface area contributed by atoms with E-state index < -0.39 is 0 Å². The van der Waals surface area contributed by atoms with Crippen molar-refractivity contribution in [3.8, 4) is 0 Å². The maximum Gasteiger partial charge on any atom is 0.251 e. The Balaban J connectivity index is 1.78. The van der Waals surface area contributed by atoms with Gasteiger partial charge in [-0.3, -0.25) is 4.79 Å². The van der Waals surface area contributed by atoms with Crippen molar-refractivity contribution in [3.63, 3.8) is 0 Å². The number of hydrogen-bond acceptors (Lipinski definition) is 4. The lowest BCUT2D eigenvalue weighted by molar-refractivity contribution is 0.0955. The molecule has 0 fully saturated rings. The van der Waals surface area contributed by atoms with E-state index in [0.29, 0.717) is 24.3 Å². The Morgan fingerprint density at radius 2 is 2.00 bits per heavy atom. The third-order valence-electron chi connectivity index (χ3n) is 2.84. The molecule has 0 bridgehead atoms. The number of carbonyl (C=O) groups excluding carboxylic acids is 1. The molecule has 0 spiro atoms. The van der Waals surface area contributed by atoms with E-state index in [4.69, 9.17) is 5.73 Å². The number of nitrogens with one attached hydrogen (secondary N) is 2. The Bertz CT molecular complexity index is 584. The number of nitrogens with zero attached hydrogens (tertiary/aromatic N) is 1. The topological polar surface area (TPSA) is 80.0 Å². The highest BCUT2D eigenvalue weighted by Gasteiger charge is 2.03. The molecule has 0 saturated carbocycles. The summed E-state index contributed by atoms with van der Waals surface area (Å²) in [6, 6.07) is 11.0.